The maximum absolute atomic E-state index is 12.4. The van der Waals surface area contributed by atoms with Crippen LogP contribution in [0.25, 0.3) is 0 Å². The predicted octanol–water partition coefficient (Wildman–Crippen LogP) is 3.41. The smallest absolute Gasteiger partial charge is 0.367 e. The van der Waals surface area contributed by atoms with Gasteiger partial charge in [-0.1, -0.05) is 35.6 Å². The highest BCUT2D eigenvalue weighted by Crippen LogP contribution is 2.37. The van der Waals surface area contributed by atoms with Crippen molar-refractivity contribution in [3.05, 3.63) is 45.4 Å². The van der Waals surface area contributed by atoms with E-state index in [-0.39, 0.29) is 29.6 Å². The lowest BCUT2D eigenvalue weighted by Crippen LogP contribution is -2.16. The first-order chi connectivity index (χ1) is 12.9. The molecule has 1 fully saturated rings. The highest BCUT2D eigenvalue weighted by molar-refractivity contribution is 7.13. The number of carboxylic acids is 2. The van der Waals surface area contributed by atoms with Crippen LogP contribution in [0.2, 0.25) is 0 Å². The summed E-state index contributed by atoms with van der Waals surface area (Å²) in [5, 5.41) is 25.3. The zero-order valence-corrected chi connectivity index (χ0v) is 15.4. The maximum atomic E-state index is 12.4. The van der Waals surface area contributed by atoms with Crippen molar-refractivity contribution < 1.29 is 24.6 Å². The summed E-state index contributed by atoms with van der Waals surface area (Å²) >= 11 is 0.910. The number of hydrogen-bond acceptors (Lipinski definition) is 6. The van der Waals surface area contributed by atoms with Crippen LogP contribution in [-0.4, -0.2) is 38.1 Å². The molecule has 0 aliphatic heterocycles. The second kappa shape index (κ2) is 8.39. The van der Waals surface area contributed by atoms with Gasteiger partial charge in [0.1, 0.15) is 5.01 Å². The van der Waals surface area contributed by atoms with Gasteiger partial charge in [0.05, 0.1) is 6.42 Å². The summed E-state index contributed by atoms with van der Waals surface area (Å²) in [4.78, 5) is 34.0. The molecule has 3 rings (SSSR count). The van der Waals surface area contributed by atoms with Crippen LogP contribution in [0.4, 0.5) is 0 Å². The molecule has 142 valence electrons. The first kappa shape index (κ1) is 19.2. The molecule has 1 aliphatic rings. The van der Waals surface area contributed by atoms with E-state index in [4.69, 9.17) is 10.2 Å². The van der Waals surface area contributed by atoms with Gasteiger partial charge in [-0.3, -0.25) is 9.59 Å². The lowest BCUT2D eigenvalue weighted by Gasteiger charge is -2.28. The van der Waals surface area contributed by atoms with Gasteiger partial charge in [-0.25, -0.2) is 4.79 Å². The highest BCUT2D eigenvalue weighted by atomic mass is 32.1. The molecular formula is C19H20N2O5S. The summed E-state index contributed by atoms with van der Waals surface area (Å²) in [7, 11) is 0. The van der Waals surface area contributed by atoms with Crippen molar-refractivity contribution in [1.29, 1.82) is 0 Å². The quantitative estimate of drug-likeness (QED) is 0.698. The fraction of sp³-hybridized carbons (Fsp3) is 0.421. The summed E-state index contributed by atoms with van der Waals surface area (Å²) in [6.45, 7) is 0. The number of carbonyl (C=O) groups is 3. The zero-order valence-electron chi connectivity index (χ0n) is 14.6. The number of aromatic carboxylic acids is 1. The fourth-order valence-corrected chi connectivity index (χ4v) is 4.22. The number of aliphatic carboxylic acids is 1. The van der Waals surface area contributed by atoms with Gasteiger partial charge in [0.25, 0.3) is 0 Å². The third kappa shape index (κ3) is 4.97. The Morgan fingerprint density at radius 3 is 2.22 bits per heavy atom. The molecule has 8 heteroatoms. The molecule has 1 aromatic carbocycles. The molecule has 0 amide bonds. The first-order valence-electron chi connectivity index (χ1n) is 8.83. The molecule has 2 aromatic rings. The predicted molar refractivity (Wildman–Crippen MR) is 98.3 cm³/mol. The SMILES string of the molecule is O=C(O)CC1CCC(c2ccc(C(=O)Cc3nnc(C(=O)O)s3)cc2)CC1. The van der Waals surface area contributed by atoms with Crippen LogP contribution < -0.4 is 0 Å². The lowest BCUT2D eigenvalue weighted by molar-refractivity contribution is -0.138. The average Bonchev–Trinajstić information content (AvgIpc) is 3.11. The van der Waals surface area contributed by atoms with Crippen molar-refractivity contribution in [3.63, 3.8) is 0 Å². The third-order valence-electron chi connectivity index (χ3n) is 4.98. The second-order valence-corrected chi connectivity index (χ2v) is 7.91. The van der Waals surface area contributed by atoms with Crippen LogP contribution >= 0.6 is 11.3 Å². The van der Waals surface area contributed by atoms with E-state index in [9.17, 15) is 14.4 Å². The molecule has 0 spiro atoms. The Hall–Kier alpha value is -2.61. The van der Waals surface area contributed by atoms with Gasteiger partial charge in [0.2, 0.25) is 5.01 Å². The highest BCUT2D eigenvalue weighted by Gasteiger charge is 2.24. The lowest BCUT2D eigenvalue weighted by atomic mass is 9.77. The topological polar surface area (TPSA) is 117 Å². The minimum absolute atomic E-state index is 0.0323. The van der Waals surface area contributed by atoms with Gasteiger partial charge in [-0.15, -0.1) is 10.2 Å². The molecule has 0 radical (unpaired) electrons. The Kier molecular flexibility index (Phi) is 5.95. The number of hydrogen-bond donors (Lipinski definition) is 2. The Morgan fingerprint density at radius 1 is 1.00 bits per heavy atom. The molecule has 2 N–H and O–H groups in total. The number of benzene rings is 1. The Morgan fingerprint density at radius 2 is 1.67 bits per heavy atom. The zero-order chi connectivity index (χ0) is 19.4. The van der Waals surface area contributed by atoms with Crippen LogP contribution in [-0.2, 0) is 11.2 Å². The van der Waals surface area contributed by atoms with Crippen molar-refractivity contribution in [1.82, 2.24) is 10.2 Å². The summed E-state index contributed by atoms with van der Waals surface area (Å²) < 4.78 is 0. The van der Waals surface area contributed by atoms with Crippen LogP contribution in [0, 0.1) is 5.92 Å². The summed E-state index contributed by atoms with van der Waals surface area (Å²) in [6, 6.07) is 7.50. The fourth-order valence-electron chi connectivity index (χ4n) is 3.54. The van der Waals surface area contributed by atoms with E-state index in [2.05, 4.69) is 10.2 Å². The van der Waals surface area contributed by atoms with Crippen molar-refractivity contribution in [2.24, 2.45) is 5.92 Å². The molecule has 27 heavy (non-hydrogen) atoms. The van der Waals surface area contributed by atoms with E-state index in [1.54, 1.807) is 12.1 Å². The van der Waals surface area contributed by atoms with E-state index < -0.39 is 11.9 Å². The molecule has 1 aliphatic carbocycles. The van der Waals surface area contributed by atoms with Gasteiger partial charge in [-0.05, 0) is 43.1 Å². The monoisotopic (exact) mass is 388 g/mol. The van der Waals surface area contributed by atoms with Crippen LogP contribution in [0.1, 0.15) is 68.8 Å². The molecular weight excluding hydrogens is 368 g/mol. The Bertz CT molecular complexity index is 838. The van der Waals surface area contributed by atoms with Crippen LogP contribution in [0.15, 0.2) is 24.3 Å². The van der Waals surface area contributed by atoms with Gasteiger partial charge < -0.3 is 10.2 Å². The van der Waals surface area contributed by atoms with Gasteiger partial charge in [-0.2, -0.15) is 0 Å². The number of Topliss-reactive ketones (excluding diaryl/α,β-unsaturated/α-hetero) is 1. The van der Waals surface area contributed by atoms with E-state index in [0.29, 0.717) is 16.5 Å². The number of carboxylic acid groups (broad SMARTS) is 2. The average molecular weight is 388 g/mol. The van der Waals surface area contributed by atoms with E-state index in [0.717, 1.165) is 37.0 Å². The van der Waals surface area contributed by atoms with Crippen LogP contribution in [0.3, 0.4) is 0 Å². The van der Waals surface area contributed by atoms with Gasteiger partial charge in [0.15, 0.2) is 5.78 Å². The normalized spacial score (nSPS) is 19.6. The number of rotatable bonds is 7. The summed E-state index contributed by atoms with van der Waals surface area (Å²) in [6.07, 6.45) is 4.04. The molecule has 7 nitrogen and oxygen atoms in total. The number of ketones is 1. The van der Waals surface area contributed by atoms with Gasteiger partial charge in [0, 0.05) is 12.0 Å². The Labute approximate surface area is 160 Å². The standard InChI is InChI=1S/C19H20N2O5S/c22-15(10-16-20-21-18(27-16)19(25)26)14-7-5-13(6-8-14)12-3-1-11(2-4-12)9-17(23)24/h5-8,11-12H,1-4,9-10H2,(H,23,24)(H,25,26). The largest absolute Gasteiger partial charge is 0.481 e. The van der Waals surface area contributed by atoms with Crippen molar-refractivity contribution in [3.8, 4) is 0 Å². The molecule has 0 bridgehead atoms. The molecule has 0 unspecified atom stereocenters. The van der Waals surface area contributed by atoms with E-state index in [1.165, 1.54) is 5.56 Å². The van der Waals surface area contributed by atoms with Crippen molar-refractivity contribution in [2.45, 2.75) is 44.4 Å². The third-order valence-corrected chi connectivity index (χ3v) is 5.89. The first-order valence-corrected chi connectivity index (χ1v) is 9.64. The number of carbonyl (C=O) groups excluding carboxylic acids is 1. The van der Waals surface area contributed by atoms with E-state index in [1.807, 2.05) is 12.1 Å². The second-order valence-electron chi connectivity index (χ2n) is 6.84. The van der Waals surface area contributed by atoms with Crippen LogP contribution in [0.5, 0.6) is 0 Å². The Balaban J connectivity index is 1.57. The molecule has 0 atom stereocenters. The van der Waals surface area contributed by atoms with Crippen molar-refractivity contribution >= 4 is 29.1 Å². The minimum Gasteiger partial charge on any atom is -0.481 e. The summed E-state index contributed by atoms with van der Waals surface area (Å²) in [5.41, 5.74) is 1.73. The molecule has 0 saturated heterocycles. The molecule has 1 aromatic heterocycles. The number of aromatic nitrogens is 2. The number of nitrogens with zero attached hydrogens (tertiary/aromatic N) is 2. The van der Waals surface area contributed by atoms with Gasteiger partial charge >= 0.3 is 11.9 Å². The van der Waals surface area contributed by atoms with E-state index >= 15 is 0 Å². The molecule has 1 heterocycles. The van der Waals surface area contributed by atoms with Crippen molar-refractivity contribution in [2.75, 3.05) is 0 Å². The summed E-state index contributed by atoms with van der Waals surface area (Å²) in [5.74, 6) is -1.33. The maximum Gasteiger partial charge on any atom is 0.367 e. The molecule has 1 saturated carbocycles. The minimum atomic E-state index is -1.14.